The molecule has 1 unspecified atom stereocenters. The molecule has 0 radical (unpaired) electrons. The van der Waals surface area contributed by atoms with E-state index in [4.69, 9.17) is 19.2 Å². The average molecular weight is 1200 g/mol. The van der Waals surface area contributed by atoms with E-state index in [1.807, 2.05) is 69.6 Å². The van der Waals surface area contributed by atoms with Crippen molar-refractivity contribution in [1.82, 2.24) is 55.7 Å². The molecule has 7 atom stereocenters. The van der Waals surface area contributed by atoms with Crippen LogP contribution in [-0.4, -0.2) is 145 Å². The lowest BCUT2D eigenvalue weighted by molar-refractivity contribution is -0.141. The number of thiophene rings is 1. The van der Waals surface area contributed by atoms with Crippen LogP contribution in [0.3, 0.4) is 0 Å². The first kappa shape index (κ1) is 57.3. The van der Waals surface area contributed by atoms with Crippen LogP contribution in [-0.2, 0) is 15.8 Å². The summed E-state index contributed by atoms with van der Waals surface area (Å²) in [7, 11) is 0. The van der Waals surface area contributed by atoms with Crippen LogP contribution >= 0.6 is 22.7 Å². The van der Waals surface area contributed by atoms with Crippen molar-refractivity contribution < 1.29 is 37.1 Å². The number of carbonyl (C=O) groups is 2. The summed E-state index contributed by atoms with van der Waals surface area (Å²) >= 11 is 2.92. The number of nitrogens with zero attached hydrogens (tertiary/aromatic N) is 10. The quantitative estimate of drug-likeness (QED) is 0.0753. The van der Waals surface area contributed by atoms with Crippen LogP contribution in [0.4, 0.5) is 24.8 Å². The number of piperazine rings is 1. The van der Waals surface area contributed by atoms with E-state index in [2.05, 4.69) is 57.6 Å². The van der Waals surface area contributed by atoms with Gasteiger partial charge >= 0.3 is 12.2 Å². The molecule has 4 N–H and O–H groups in total. The van der Waals surface area contributed by atoms with Crippen molar-refractivity contribution in [3.63, 3.8) is 0 Å². The number of H-pyrrole nitrogens is 1. The number of aromatic amines is 1. The van der Waals surface area contributed by atoms with Crippen LogP contribution in [0.15, 0.2) is 64.9 Å². The van der Waals surface area contributed by atoms with Crippen LogP contribution in [0.5, 0.6) is 6.01 Å². The number of halogens is 3. The van der Waals surface area contributed by atoms with Crippen LogP contribution < -0.4 is 25.2 Å². The number of aliphatic hydroxyl groups is 1. The zero-order chi connectivity index (χ0) is 59.1. The highest BCUT2D eigenvalue weighted by Gasteiger charge is 2.45. The summed E-state index contributed by atoms with van der Waals surface area (Å²) in [5.74, 6) is 0.883. The number of benzene rings is 2. The highest BCUT2D eigenvalue weighted by Crippen LogP contribution is 2.49. The fourth-order valence-electron chi connectivity index (χ4n) is 14.2. The molecule has 13 rings (SSSR count). The number of pyridine rings is 1. The van der Waals surface area contributed by atoms with E-state index in [-0.39, 0.29) is 65.0 Å². The summed E-state index contributed by atoms with van der Waals surface area (Å²) in [6.07, 6.45) is 3.74. The van der Waals surface area contributed by atoms with E-state index in [1.165, 1.54) is 35.4 Å². The number of amides is 2. The Labute approximate surface area is 498 Å². The Morgan fingerprint density at radius 1 is 0.965 bits per heavy atom. The fourth-order valence-corrected chi connectivity index (χ4v) is 16.1. The SMILES string of the molecule is Cc1cc2[nH]ncc2c(-c2nccc3c2sc2nc(OCC4(C)CCCN(CC5CCN(c6cc([C@H](C(=O)N7C[C@H](O)C[C@H]7C(=O)N[C@@H](C)c7ccc(-c8scnc8C)cc7)C(C)C)on6)CC5)C4)nc(N4C[C@H]5CC[C@@H](C4)N5)c23)c1C(F)(F)F. The number of piperidine rings is 2. The van der Waals surface area contributed by atoms with Gasteiger partial charge in [-0.05, 0) is 106 Å². The van der Waals surface area contributed by atoms with Crippen molar-refractivity contribution in [2.45, 2.75) is 129 Å². The van der Waals surface area contributed by atoms with Crippen molar-refractivity contribution in [3.05, 3.63) is 88.5 Å². The smallest absolute Gasteiger partial charge is 0.417 e. The third-order valence-corrected chi connectivity index (χ3v) is 20.5. The molecule has 11 heterocycles. The molecular formula is C62H72F3N13O5S2. The van der Waals surface area contributed by atoms with E-state index in [9.17, 15) is 14.7 Å². The summed E-state index contributed by atoms with van der Waals surface area (Å²) < 4.78 is 58.4. The molecule has 5 aliphatic heterocycles. The Hall–Kier alpha value is -6.79. The Morgan fingerprint density at radius 2 is 1.74 bits per heavy atom. The van der Waals surface area contributed by atoms with E-state index in [0.717, 1.165) is 123 Å². The number of alkyl halides is 3. The molecular weight excluding hydrogens is 1130 g/mol. The summed E-state index contributed by atoms with van der Waals surface area (Å²) in [4.78, 5) is 58.1. The molecule has 448 valence electrons. The molecule has 0 saturated carbocycles. The molecule has 0 spiro atoms. The highest BCUT2D eigenvalue weighted by molar-refractivity contribution is 7.26. The first-order valence-electron chi connectivity index (χ1n) is 29.8. The molecule has 2 bridgehead atoms. The minimum atomic E-state index is -4.64. The summed E-state index contributed by atoms with van der Waals surface area (Å²) in [6, 6.07) is 13.0. The second kappa shape index (κ2) is 22.8. The van der Waals surface area contributed by atoms with Crippen molar-refractivity contribution in [1.29, 1.82) is 0 Å². The number of aromatic nitrogens is 7. The second-order valence-corrected chi connectivity index (χ2v) is 27.0. The van der Waals surface area contributed by atoms with Crippen molar-refractivity contribution in [2.75, 3.05) is 68.8 Å². The van der Waals surface area contributed by atoms with E-state index >= 15 is 13.2 Å². The number of ether oxygens (including phenoxy) is 1. The van der Waals surface area contributed by atoms with Crippen molar-refractivity contribution in [2.24, 2.45) is 17.3 Å². The van der Waals surface area contributed by atoms with Gasteiger partial charge in [0.15, 0.2) is 11.6 Å². The van der Waals surface area contributed by atoms with Gasteiger partial charge in [-0.3, -0.25) is 19.7 Å². The Bertz CT molecular complexity index is 3770. The van der Waals surface area contributed by atoms with Gasteiger partial charge in [0.2, 0.25) is 11.8 Å². The summed E-state index contributed by atoms with van der Waals surface area (Å²) in [5, 5.41) is 31.1. The van der Waals surface area contributed by atoms with Gasteiger partial charge in [-0.1, -0.05) is 50.2 Å². The van der Waals surface area contributed by atoms with Gasteiger partial charge in [0.1, 0.15) is 22.6 Å². The first-order chi connectivity index (χ1) is 40.8. The minimum absolute atomic E-state index is 0.000747. The topological polar surface area (TPSA) is 207 Å². The van der Waals surface area contributed by atoms with Gasteiger partial charge in [0.05, 0.1) is 67.9 Å². The standard InChI is InChI=1S/C62H72F3N13O5S2/c1-33(2)49(59(81)78-29-42(79)23-46(78)57(80)69-35(4)38-8-10-39(11-9-38)54-36(5)67-32-84-54)47-24-48(74-83-47)76-20-15-37(16-21-76)26-75-19-7-17-61(6,30-75)31-82-60-71-56(77-27-40-12-13-41(28-77)70-40)51-43-14-18-66-53(55(43)85-58(51)72-60)50-44-25-68-73-45(44)22-34(3)52(50)62(63,64)65/h8-11,14,18,22,24-25,32-33,35,37,40-42,46,49,70,79H,7,12-13,15-17,19-21,23,26-31H2,1-6H3,(H,68,73)(H,69,80)/t35-,40-,41+,42+,46-,49+,61?/m0/s1. The maximum absolute atomic E-state index is 15.0. The second-order valence-electron chi connectivity index (χ2n) is 25.2. The fraction of sp³-hybridized carbons (Fsp3) is 0.516. The van der Waals surface area contributed by atoms with Gasteiger partial charge in [0, 0.05) is 98.3 Å². The number of nitrogens with one attached hydrogen (secondary N) is 3. The van der Waals surface area contributed by atoms with Gasteiger partial charge in [0.25, 0.3) is 0 Å². The molecule has 5 fully saturated rings. The zero-order valence-corrected chi connectivity index (χ0v) is 50.3. The summed E-state index contributed by atoms with van der Waals surface area (Å²) in [6.45, 7) is 17.9. The zero-order valence-electron chi connectivity index (χ0n) is 48.7. The molecule has 6 aromatic heterocycles. The summed E-state index contributed by atoms with van der Waals surface area (Å²) in [5.41, 5.74) is 4.71. The molecule has 5 aliphatic rings. The molecule has 85 heavy (non-hydrogen) atoms. The van der Waals surface area contributed by atoms with Crippen molar-refractivity contribution >= 4 is 77.3 Å². The predicted octanol–water partition coefficient (Wildman–Crippen LogP) is 10.4. The number of anilines is 2. The number of hydrogen-bond acceptors (Lipinski definition) is 17. The van der Waals surface area contributed by atoms with E-state index in [1.54, 1.807) is 17.5 Å². The van der Waals surface area contributed by atoms with Gasteiger partial charge in [-0.25, -0.2) is 4.98 Å². The van der Waals surface area contributed by atoms with Crippen LogP contribution in [0.25, 0.3) is 52.9 Å². The lowest BCUT2D eigenvalue weighted by Gasteiger charge is -2.42. The number of carbonyl (C=O) groups excluding carboxylic acids is 2. The molecule has 23 heteroatoms. The number of β-amino-alcohol motifs (C(OH)–C–C–N with tert-alkyl or cyclic N) is 1. The average Bonchev–Trinajstić information content (AvgIpc) is 1.76. The van der Waals surface area contributed by atoms with Crippen molar-refractivity contribution in [3.8, 4) is 27.7 Å². The lowest BCUT2D eigenvalue weighted by atomic mass is 9.82. The third-order valence-electron chi connectivity index (χ3n) is 18.5. The normalized spacial score (nSPS) is 23.3. The van der Waals surface area contributed by atoms with E-state index in [0.29, 0.717) is 56.6 Å². The molecule has 5 saturated heterocycles. The van der Waals surface area contributed by atoms with Gasteiger partial charge in [-0.15, -0.1) is 22.7 Å². The number of fused-ring (bicyclic) bond motifs is 6. The Kier molecular flexibility index (Phi) is 15.4. The van der Waals surface area contributed by atoms with Crippen LogP contribution in [0.1, 0.15) is 113 Å². The number of hydrogen-bond donors (Lipinski definition) is 4. The Morgan fingerprint density at radius 3 is 2.47 bits per heavy atom. The molecule has 18 nitrogen and oxygen atoms in total. The maximum atomic E-state index is 15.0. The number of aryl methyl sites for hydroxylation is 2. The number of likely N-dealkylation sites (tertiary alicyclic amines) is 2. The monoisotopic (exact) mass is 1200 g/mol. The molecule has 2 amide bonds. The van der Waals surface area contributed by atoms with Crippen LogP contribution in [0, 0.1) is 31.1 Å². The first-order valence-corrected chi connectivity index (χ1v) is 31.5. The third kappa shape index (κ3) is 11.2. The molecule has 8 aromatic rings. The van der Waals surface area contributed by atoms with Crippen LogP contribution in [0.2, 0.25) is 0 Å². The maximum Gasteiger partial charge on any atom is 0.417 e. The number of rotatable bonds is 15. The lowest BCUT2D eigenvalue weighted by Crippen LogP contribution is -2.51. The number of thiazole rings is 1. The highest BCUT2D eigenvalue weighted by atomic mass is 32.1. The minimum Gasteiger partial charge on any atom is -0.463 e. The largest absolute Gasteiger partial charge is 0.463 e. The van der Waals surface area contributed by atoms with Gasteiger partial charge in [-0.2, -0.15) is 28.2 Å². The molecule has 0 aliphatic carbocycles. The van der Waals surface area contributed by atoms with E-state index < -0.39 is 29.8 Å². The van der Waals surface area contributed by atoms with Gasteiger partial charge < -0.3 is 44.6 Å². The Balaban J connectivity index is 0.658. The number of aliphatic hydroxyl groups excluding tert-OH is 1. The predicted molar refractivity (Wildman–Crippen MR) is 323 cm³/mol. The molecule has 2 aromatic carbocycles.